The first-order valence-electron chi connectivity index (χ1n) is 12.7. The summed E-state index contributed by atoms with van der Waals surface area (Å²) in [5, 5.41) is 0.283. The molecule has 0 radical (unpaired) electrons. The predicted octanol–water partition coefficient (Wildman–Crippen LogP) is 3.88. The van der Waals surface area contributed by atoms with Crippen LogP contribution in [0.5, 0.6) is 6.01 Å². The molecular weight excluding hydrogens is 487 g/mol. The lowest BCUT2D eigenvalue weighted by Crippen LogP contribution is -2.73. The van der Waals surface area contributed by atoms with E-state index in [0.29, 0.717) is 44.0 Å². The number of halogens is 2. The quantitative estimate of drug-likeness (QED) is 0.564. The Morgan fingerprint density at radius 3 is 2.50 bits per heavy atom. The number of ether oxygens (including phenoxy) is 2. The Morgan fingerprint density at radius 2 is 1.83 bits per heavy atom. The third kappa shape index (κ3) is 4.02. The van der Waals surface area contributed by atoms with E-state index in [9.17, 15) is 9.18 Å². The van der Waals surface area contributed by atoms with Crippen molar-refractivity contribution >= 4 is 34.4 Å². The Hall–Kier alpha value is -2.46. The monoisotopic (exact) mass is 518 g/mol. The summed E-state index contributed by atoms with van der Waals surface area (Å²) in [6.07, 6.45) is 5.76. The van der Waals surface area contributed by atoms with E-state index >= 15 is 0 Å². The summed E-state index contributed by atoms with van der Waals surface area (Å²) in [6.45, 7) is 10.9. The molecule has 2 aromatic rings. The molecule has 194 valence electrons. The first kappa shape index (κ1) is 23.9. The van der Waals surface area contributed by atoms with E-state index in [1.165, 1.54) is 19.0 Å². The number of carbonyl (C=O) groups excluding carboxylic acids is 1. The van der Waals surface area contributed by atoms with Crippen molar-refractivity contribution < 1.29 is 18.7 Å². The van der Waals surface area contributed by atoms with E-state index in [1.54, 1.807) is 4.90 Å². The first-order valence-corrected chi connectivity index (χ1v) is 13.1. The number of hydrogen-bond donors (Lipinski definition) is 0. The lowest BCUT2D eigenvalue weighted by atomic mass is 9.73. The van der Waals surface area contributed by atoms with Crippen LogP contribution >= 0.6 is 11.6 Å². The minimum atomic E-state index is -0.667. The van der Waals surface area contributed by atoms with Gasteiger partial charge in [-0.15, -0.1) is 0 Å². The summed E-state index contributed by atoms with van der Waals surface area (Å²) in [5.74, 6) is -0.0780. The van der Waals surface area contributed by atoms with Gasteiger partial charge in [-0.05, 0) is 59.5 Å². The molecule has 0 atom stereocenters. The molecule has 1 spiro atoms. The molecule has 1 amide bonds. The lowest BCUT2D eigenvalue weighted by Gasteiger charge is -2.60. The maximum Gasteiger partial charge on any atom is 0.410 e. The standard InChI is InChI=1S/C25H32ClFN6O3/c1-23(2,3)36-22(34)32-13-24(14-32)11-31(12-24)20-16-10-28-19(26)17(27)18(16)29-21(30-20)35-15-25-6-4-8-33(25)9-5-7-25/h10H,4-9,11-15H2,1-3H3. The number of pyridine rings is 1. The van der Waals surface area contributed by atoms with Crippen molar-refractivity contribution in [2.24, 2.45) is 5.41 Å². The predicted molar refractivity (Wildman–Crippen MR) is 133 cm³/mol. The largest absolute Gasteiger partial charge is 0.461 e. The third-order valence-corrected chi connectivity index (χ3v) is 8.20. The second-order valence-electron chi connectivity index (χ2n) is 11.9. The smallest absolute Gasteiger partial charge is 0.410 e. The second kappa shape index (κ2) is 8.28. The van der Waals surface area contributed by atoms with Crippen molar-refractivity contribution in [1.82, 2.24) is 24.8 Å². The molecule has 6 heterocycles. The van der Waals surface area contributed by atoms with Gasteiger partial charge in [0.15, 0.2) is 11.0 Å². The molecule has 36 heavy (non-hydrogen) atoms. The molecule has 4 aliphatic rings. The van der Waals surface area contributed by atoms with Crippen LogP contribution in [-0.2, 0) is 4.74 Å². The highest BCUT2D eigenvalue weighted by Crippen LogP contribution is 2.44. The Bertz CT molecular complexity index is 1200. The molecule has 2 aromatic heterocycles. The maximum absolute atomic E-state index is 15.0. The van der Waals surface area contributed by atoms with E-state index in [4.69, 9.17) is 26.1 Å². The highest BCUT2D eigenvalue weighted by molar-refractivity contribution is 6.30. The van der Waals surface area contributed by atoms with Crippen LogP contribution in [0.1, 0.15) is 46.5 Å². The third-order valence-electron chi connectivity index (χ3n) is 7.94. The van der Waals surface area contributed by atoms with Crippen molar-refractivity contribution in [3.63, 3.8) is 0 Å². The van der Waals surface area contributed by atoms with Gasteiger partial charge in [-0.1, -0.05) is 11.6 Å². The average molecular weight is 519 g/mol. The Morgan fingerprint density at radius 1 is 1.14 bits per heavy atom. The van der Waals surface area contributed by atoms with Gasteiger partial charge in [0, 0.05) is 37.8 Å². The zero-order valence-corrected chi connectivity index (χ0v) is 21.8. The molecule has 0 saturated carbocycles. The number of fused-ring (bicyclic) bond motifs is 2. The fourth-order valence-electron chi connectivity index (χ4n) is 6.30. The van der Waals surface area contributed by atoms with Crippen LogP contribution in [0.2, 0.25) is 5.15 Å². The molecule has 0 bridgehead atoms. The number of hydrogen-bond acceptors (Lipinski definition) is 8. The number of nitrogens with zero attached hydrogens (tertiary/aromatic N) is 6. The summed E-state index contributed by atoms with van der Waals surface area (Å²) < 4.78 is 26.6. The number of rotatable bonds is 4. The van der Waals surface area contributed by atoms with Gasteiger partial charge >= 0.3 is 12.1 Å². The van der Waals surface area contributed by atoms with E-state index in [0.717, 1.165) is 25.9 Å². The summed E-state index contributed by atoms with van der Waals surface area (Å²) in [5.41, 5.74) is -0.383. The highest BCUT2D eigenvalue weighted by Gasteiger charge is 2.54. The van der Waals surface area contributed by atoms with E-state index in [2.05, 4.69) is 19.8 Å². The fraction of sp³-hybridized carbons (Fsp3) is 0.680. The minimum absolute atomic E-state index is 0.0131. The number of likely N-dealkylation sites (tertiary alicyclic amines) is 1. The average Bonchev–Trinajstić information content (AvgIpc) is 3.32. The zero-order chi connectivity index (χ0) is 25.3. The Labute approximate surface area is 214 Å². The summed E-state index contributed by atoms with van der Waals surface area (Å²) in [6, 6.07) is 0.164. The molecule has 0 aliphatic carbocycles. The Kier molecular flexibility index (Phi) is 5.50. The number of aromatic nitrogens is 3. The van der Waals surface area contributed by atoms with Gasteiger partial charge in [0.05, 0.1) is 10.9 Å². The van der Waals surface area contributed by atoms with Crippen molar-refractivity contribution in [2.45, 2.75) is 57.6 Å². The first-order chi connectivity index (χ1) is 17.1. The number of anilines is 1. The van der Waals surface area contributed by atoms with Gasteiger partial charge < -0.3 is 19.3 Å². The SMILES string of the molecule is CC(C)(C)OC(=O)N1CC2(C1)CN(c1nc(OCC34CCCN3CCC4)nc3c(F)c(Cl)ncc13)C2. The van der Waals surface area contributed by atoms with E-state index in [-0.39, 0.29) is 33.7 Å². The van der Waals surface area contributed by atoms with E-state index < -0.39 is 11.4 Å². The molecule has 11 heteroatoms. The lowest BCUT2D eigenvalue weighted by molar-refractivity contribution is -0.0454. The summed E-state index contributed by atoms with van der Waals surface area (Å²) in [4.78, 5) is 31.8. The topological polar surface area (TPSA) is 83.9 Å². The van der Waals surface area contributed by atoms with Gasteiger partial charge in [-0.3, -0.25) is 4.90 Å². The molecule has 4 aliphatic heterocycles. The van der Waals surface area contributed by atoms with Crippen molar-refractivity contribution in [1.29, 1.82) is 0 Å². The van der Waals surface area contributed by atoms with Crippen molar-refractivity contribution in [3.05, 3.63) is 17.2 Å². The Balaban J connectivity index is 1.20. The van der Waals surface area contributed by atoms with Crippen LogP contribution in [0.4, 0.5) is 15.0 Å². The van der Waals surface area contributed by atoms with Gasteiger partial charge in [-0.2, -0.15) is 9.97 Å². The zero-order valence-electron chi connectivity index (χ0n) is 21.0. The molecule has 4 saturated heterocycles. The fourth-order valence-corrected chi connectivity index (χ4v) is 6.44. The molecule has 0 unspecified atom stereocenters. The van der Waals surface area contributed by atoms with Gasteiger partial charge in [0.2, 0.25) is 0 Å². The normalized spacial score (nSPS) is 22.5. The minimum Gasteiger partial charge on any atom is -0.461 e. The van der Waals surface area contributed by atoms with Crippen LogP contribution in [0.15, 0.2) is 6.20 Å². The molecule has 6 rings (SSSR count). The number of amides is 1. The number of carbonyl (C=O) groups is 1. The van der Waals surface area contributed by atoms with Gasteiger partial charge in [0.25, 0.3) is 0 Å². The molecule has 0 aromatic carbocycles. The van der Waals surface area contributed by atoms with Gasteiger partial charge in [0.1, 0.15) is 23.5 Å². The molecule has 4 fully saturated rings. The molecule has 0 N–H and O–H groups in total. The van der Waals surface area contributed by atoms with Crippen LogP contribution in [0.3, 0.4) is 0 Å². The molecular formula is C25H32ClFN6O3. The van der Waals surface area contributed by atoms with Crippen LogP contribution in [0.25, 0.3) is 10.9 Å². The summed E-state index contributed by atoms with van der Waals surface area (Å²) >= 11 is 5.98. The van der Waals surface area contributed by atoms with Crippen molar-refractivity contribution in [3.8, 4) is 6.01 Å². The second-order valence-corrected chi connectivity index (χ2v) is 12.2. The maximum atomic E-state index is 15.0. The van der Waals surface area contributed by atoms with Crippen LogP contribution in [-0.4, -0.2) is 87.9 Å². The highest BCUT2D eigenvalue weighted by atomic mass is 35.5. The van der Waals surface area contributed by atoms with Gasteiger partial charge in [-0.25, -0.2) is 14.2 Å². The van der Waals surface area contributed by atoms with Crippen molar-refractivity contribution in [2.75, 3.05) is 50.8 Å². The summed E-state index contributed by atoms with van der Waals surface area (Å²) in [7, 11) is 0. The van der Waals surface area contributed by atoms with E-state index in [1.807, 2.05) is 20.8 Å². The molecule has 9 nitrogen and oxygen atoms in total. The van der Waals surface area contributed by atoms with Crippen LogP contribution < -0.4 is 9.64 Å². The van der Waals surface area contributed by atoms with Crippen LogP contribution in [0, 0.1) is 11.2 Å².